The van der Waals surface area contributed by atoms with E-state index in [1.165, 1.54) is 12.8 Å². The van der Waals surface area contributed by atoms with E-state index < -0.39 is 11.9 Å². The molecule has 0 bridgehead atoms. The molecule has 1 aliphatic carbocycles. The lowest BCUT2D eigenvalue weighted by Crippen LogP contribution is -2.42. The summed E-state index contributed by atoms with van der Waals surface area (Å²) in [6, 6.07) is -0.248. The predicted octanol–water partition coefficient (Wildman–Crippen LogP) is 2.61. The van der Waals surface area contributed by atoms with E-state index in [0.717, 1.165) is 12.8 Å². The standard InChI is InChI=1S/C15H28N2O3/c1-4-5-15(6-7-15)10-17-14(20)16-9-12(13(18)19)8-11(2)3/h11-12H,4-10H2,1-3H3,(H,18,19)(H2,16,17,20). The van der Waals surface area contributed by atoms with Crippen LogP contribution in [0.25, 0.3) is 0 Å². The van der Waals surface area contributed by atoms with Crippen LogP contribution in [0.5, 0.6) is 0 Å². The van der Waals surface area contributed by atoms with E-state index in [1.807, 2.05) is 13.8 Å². The van der Waals surface area contributed by atoms with Crippen molar-refractivity contribution in [2.24, 2.45) is 17.3 Å². The summed E-state index contributed by atoms with van der Waals surface area (Å²) in [6.07, 6.45) is 5.24. The maximum absolute atomic E-state index is 11.7. The van der Waals surface area contributed by atoms with E-state index in [9.17, 15) is 9.59 Å². The van der Waals surface area contributed by atoms with Crippen molar-refractivity contribution in [3.8, 4) is 0 Å². The summed E-state index contributed by atoms with van der Waals surface area (Å²) in [5.41, 5.74) is 0.316. The van der Waals surface area contributed by atoms with Crippen molar-refractivity contribution in [1.82, 2.24) is 10.6 Å². The van der Waals surface area contributed by atoms with Gasteiger partial charge in [0, 0.05) is 13.1 Å². The van der Waals surface area contributed by atoms with Crippen molar-refractivity contribution in [2.45, 2.75) is 52.9 Å². The Balaban J connectivity index is 2.26. The topological polar surface area (TPSA) is 78.4 Å². The molecule has 0 aromatic rings. The van der Waals surface area contributed by atoms with Crippen LogP contribution in [-0.4, -0.2) is 30.2 Å². The second-order valence-corrected chi connectivity index (χ2v) is 6.48. The smallest absolute Gasteiger partial charge is 0.314 e. The number of rotatable bonds is 9. The molecule has 1 atom stereocenters. The van der Waals surface area contributed by atoms with Gasteiger partial charge in [0.1, 0.15) is 0 Å². The summed E-state index contributed by atoms with van der Waals surface area (Å²) in [5.74, 6) is -1.05. The number of hydrogen-bond donors (Lipinski definition) is 3. The second-order valence-electron chi connectivity index (χ2n) is 6.48. The first-order chi connectivity index (χ1) is 9.38. The van der Waals surface area contributed by atoms with Crippen LogP contribution in [0.4, 0.5) is 4.79 Å². The molecule has 116 valence electrons. The molecule has 2 amide bonds. The Bertz CT molecular complexity index is 338. The van der Waals surface area contributed by atoms with Gasteiger partial charge in [-0.25, -0.2) is 4.79 Å². The van der Waals surface area contributed by atoms with E-state index in [-0.39, 0.29) is 12.6 Å². The molecule has 0 heterocycles. The van der Waals surface area contributed by atoms with E-state index in [1.54, 1.807) is 0 Å². The van der Waals surface area contributed by atoms with Gasteiger partial charge in [-0.1, -0.05) is 27.2 Å². The zero-order chi connectivity index (χ0) is 15.2. The number of hydrogen-bond acceptors (Lipinski definition) is 2. The molecule has 1 unspecified atom stereocenters. The van der Waals surface area contributed by atoms with E-state index in [4.69, 9.17) is 5.11 Å². The molecule has 0 aromatic carbocycles. The van der Waals surface area contributed by atoms with Gasteiger partial charge in [-0.3, -0.25) is 4.79 Å². The molecule has 3 N–H and O–H groups in total. The van der Waals surface area contributed by atoms with Crippen LogP contribution in [0.3, 0.4) is 0 Å². The molecule has 20 heavy (non-hydrogen) atoms. The van der Waals surface area contributed by atoms with Crippen molar-refractivity contribution >= 4 is 12.0 Å². The van der Waals surface area contributed by atoms with Gasteiger partial charge in [0.05, 0.1) is 5.92 Å². The van der Waals surface area contributed by atoms with Crippen molar-refractivity contribution in [2.75, 3.05) is 13.1 Å². The normalized spacial score (nSPS) is 17.6. The molecule has 5 heteroatoms. The highest BCUT2D eigenvalue weighted by molar-refractivity contribution is 5.75. The fourth-order valence-corrected chi connectivity index (χ4v) is 2.61. The van der Waals surface area contributed by atoms with Gasteiger partial charge in [-0.15, -0.1) is 0 Å². The number of nitrogens with one attached hydrogen (secondary N) is 2. The van der Waals surface area contributed by atoms with E-state index in [0.29, 0.717) is 24.3 Å². The fourth-order valence-electron chi connectivity index (χ4n) is 2.61. The van der Waals surface area contributed by atoms with Crippen LogP contribution < -0.4 is 10.6 Å². The average Bonchev–Trinajstić information content (AvgIpc) is 3.12. The Morgan fingerprint density at radius 3 is 2.35 bits per heavy atom. The minimum absolute atomic E-state index is 0.195. The number of aliphatic carboxylic acids is 1. The quantitative estimate of drug-likeness (QED) is 0.609. The molecule has 1 rings (SSSR count). The predicted molar refractivity (Wildman–Crippen MR) is 78.6 cm³/mol. The third kappa shape index (κ3) is 5.80. The molecule has 0 aliphatic heterocycles. The maximum atomic E-state index is 11.7. The molecule has 1 aliphatic rings. The van der Waals surface area contributed by atoms with Crippen LogP contribution in [-0.2, 0) is 4.79 Å². The molecule has 0 aromatic heterocycles. The molecule has 0 radical (unpaired) electrons. The minimum Gasteiger partial charge on any atom is -0.481 e. The molecular formula is C15H28N2O3. The van der Waals surface area contributed by atoms with Crippen LogP contribution in [0.15, 0.2) is 0 Å². The largest absolute Gasteiger partial charge is 0.481 e. The van der Waals surface area contributed by atoms with Gasteiger partial charge in [-0.2, -0.15) is 0 Å². The molecule has 0 spiro atoms. The third-order valence-electron chi connectivity index (χ3n) is 3.98. The number of carbonyl (C=O) groups is 2. The minimum atomic E-state index is -0.844. The maximum Gasteiger partial charge on any atom is 0.314 e. The Kier molecular flexibility index (Phi) is 6.30. The number of carboxylic acids is 1. The Labute approximate surface area is 121 Å². The number of carbonyl (C=O) groups excluding carboxylic acids is 1. The van der Waals surface area contributed by atoms with Crippen molar-refractivity contribution in [1.29, 1.82) is 0 Å². The van der Waals surface area contributed by atoms with E-state index >= 15 is 0 Å². The van der Waals surface area contributed by atoms with Gasteiger partial charge in [0.25, 0.3) is 0 Å². The summed E-state index contributed by atoms with van der Waals surface area (Å²) >= 11 is 0. The van der Waals surface area contributed by atoms with Crippen molar-refractivity contribution < 1.29 is 14.7 Å². The fraction of sp³-hybridized carbons (Fsp3) is 0.867. The van der Waals surface area contributed by atoms with Crippen molar-refractivity contribution in [3.63, 3.8) is 0 Å². The third-order valence-corrected chi connectivity index (χ3v) is 3.98. The molecular weight excluding hydrogens is 256 g/mol. The second kappa shape index (κ2) is 7.50. The highest BCUT2D eigenvalue weighted by Gasteiger charge is 2.41. The lowest BCUT2D eigenvalue weighted by molar-refractivity contribution is -0.142. The first-order valence-corrected chi connectivity index (χ1v) is 7.63. The van der Waals surface area contributed by atoms with Crippen molar-refractivity contribution in [3.05, 3.63) is 0 Å². The van der Waals surface area contributed by atoms with Gasteiger partial charge in [-0.05, 0) is 37.0 Å². The van der Waals surface area contributed by atoms with Crippen LogP contribution in [0, 0.1) is 17.3 Å². The molecule has 1 saturated carbocycles. The van der Waals surface area contributed by atoms with Gasteiger partial charge >= 0.3 is 12.0 Å². The molecule has 1 fully saturated rings. The van der Waals surface area contributed by atoms with Crippen LogP contribution in [0.2, 0.25) is 0 Å². The number of amides is 2. The SMILES string of the molecule is CCCC1(CNC(=O)NCC(CC(C)C)C(=O)O)CC1. The highest BCUT2D eigenvalue weighted by Crippen LogP contribution is 2.48. The summed E-state index contributed by atoms with van der Waals surface area (Å²) in [6.45, 7) is 7.02. The highest BCUT2D eigenvalue weighted by atomic mass is 16.4. The zero-order valence-corrected chi connectivity index (χ0v) is 12.9. The Morgan fingerprint density at radius 2 is 1.90 bits per heavy atom. The summed E-state index contributed by atoms with van der Waals surface area (Å²) < 4.78 is 0. The van der Waals surface area contributed by atoms with E-state index in [2.05, 4.69) is 17.6 Å². The average molecular weight is 284 g/mol. The van der Waals surface area contributed by atoms with Crippen LogP contribution in [0.1, 0.15) is 52.9 Å². The monoisotopic (exact) mass is 284 g/mol. The lowest BCUT2D eigenvalue weighted by Gasteiger charge is -2.18. The molecule has 0 saturated heterocycles. The Hall–Kier alpha value is -1.26. The number of urea groups is 1. The Morgan fingerprint density at radius 1 is 1.25 bits per heavy atom. The summed E-state index contributed by atoms with van der Waals surface area (Å²) in [4.78, 5) is 22.8. The van der Waals surface area contributed by atoms with Crippen LogP contribution >= 0.6 is 0 Å². The molecule has 5 nitrogen and oxygen atoms in total. The number of carboxylic acid groups (broad SMARTS) is 1. The summed E-state index contributed by atoms with van der Waals surface area (Å²) in [5, 5.41) is 14.7. The van der Waals surface area contributed by atoms with Gasteiger partial charge in [0.15, 0.2) is 0 Å². The first-order valence-electron chi connectivity index (χ1n) is 7.63. The first kappa shape index (κ1) is 16.8. The summed E-state index contributed by atoms with van der Waals surface area (Å²) in [7, 11) is 0. The van der Waals surface area contributed by atoms with Gasteiger partial charge in [0.2, 0.25) is 0 Å². The zero-order valence-electron chi connectivity index (χ0n) is 12.9. The lowest BCUT2D eigenvalue weighted by atomic mass is 9.97. The van der Waals surface area contributed by atoms with Gasteiger partial charge < -0.3 is 15.7 Å².